The van der Waals surface area contributed by atoms with E-state index in [0.717, 1.165) is 5.56 Å². The molecule has 1 aliphatic heterocycles. The van der Waals surface area contributed by atoms with Gasteiger partial charge in [0.2, 0.25) is 5.91 Å². The number of piperazine rings is 1. The van der Waals surface area contributed by atoms with Crippen molar-refractivity contribution in [3.8, 4) is 0 Å². The third-order valence-electron chi connectivity index (χ3n) is 5.01. The molecule has 0 atom stereocenters. The summed E-state index contributed by atoms with van der Waals surface area (Å²) in [5.74, 6) is 0.272. The molecule has 8 nitrogen and oxygen atoms in total. The van der Waals surface area contributed by atoms with Crippen molar-refractivity contribution in [3.63, 3.8) is 0 Å². The number of aliphatic hydroxyl groups is 1. The van der Waals surface area contributed by atoms with Crippen molar-refractivity contribution in [1.29, 1.82) is 0 Å². The molecule has 0 saturated carbocycles. The van der Waals surface area contributed by atoms with Gasteiger partial charge in [-0.2, -0.15) is 0 Å². The van der Waals surface area contributed by atoms with E-state index in [9.17, 15) is 14.7 Å². The van der Waals surface area contributed by atoms with E-state index < -0.39 is 0 Å². The number of imidazole rings is 1. The second-order valence-electron chi connectivity index (χ2n) is 7.12. The van der Waals surface area contributed by atoms with Crippen molar-refractivity contribution < 1.29 is 19.4 Å². The van der Waals surface area contributed by atoms with E-state index in [-0.39, 0.29) is 24.4 Å². The zero-order valence-corrected chi connectivity index (χ0v) is 18.2. The van der Waals surface area contributed by atoms with Crippen molar-refractivity contribution >= 4 is 23.8 Å². The first-order valence-corrected chi connectivity index (χ1v) is 11.0. The van der Waals surface area contributed by atoms with Crippen LogP contribution in [0.15, 0.2) is 35.6 Å². The number of rotatable bonds is 7. The fourth-order valence-corrected chi connectivity index (χ4v) is 4.15. The summed E-state index contributed by atoms with van der Waals surface area (Å²) in [6.07, 6.45) is 1.33. The third-order valence-corrected chi connectivity index (χ3v) is 5.98. The topological polar surface area (TPSA) is 87.9 Å². The first-order chi connectivity index (χ1) is 14.5. The number of aromatic nitrogens is 2. The summed E-state index contributed by atoms with van der Waals surface area (Å²) in [7, 11) is 0. The molecule has 9 heteroatoms. The van der Waals surface area contributed by atoms with Crippen LogP contribution in [0.1, 0.15) is 23.7 Å². The lowest BCUT2D eigenvalue weighted by Crippen LogP contribution is -2.51. The van der Waals surface area contributed by atoms with Gasteiger partial charge in [-0.25, -0.2) is 9.78 Å². The van der Waals surface area contributed by atoms with E-state index in [1.54, 1.807) is 22.9 Å². The smallest absolute Gasteiger partial charge is 0.409 e. The molecule has 1 aromatic carbocycles. The molecular formula is C21H28N4O4S. The predicted octanol–water partition coefficient (Wildman–Crippen LogP) is 2.12. The molecule has 1 aliphatic rings. The maximum atomic E-state index is 12.6. The summed E-state index contributed by atoms with van der Waals surface area (Å²) >= 11 is 1.37. The molecule has 3 rings (SSSR count). The Morgan fingerprint density at radius 1 is 1.13 bits per heavy atom. The Hall–Kier alpha value is -2.52. The Balaban J connectivity index is 1.57. The van der Waals surface area contributed by atoms with E-state index in [4.69, 9.17) is 4.74 Å². The Morgan fingerprint density at radius 3 is 2.43 bits per heavy atom. The monoisotopic (exact) mass is 432 g/mol. The van der Waals surface area contributed by atoms with Crippen molar-refractivity contribution in [2.75, 3.05) is 38.5 Å². The van der Waals surface area contributed by atoms with Crippen molar-refractivity contribution in [2.45, 2.75) is 32.2 Å². The Bertz CT molecular complexity index is 860. The number of aryl methyl sites for hydroxylation is 1. The van der Waals surface area contributed by atoms with Gasteiger partial charge in [-0.15, -0.1) is 0 Å². The zero-order chi connectivity index (χ0) is 21.5. The van der Waals surface area contributed by atoms with Crippen LogP contribution >= 0.6 is 11.8 Å². The molecule has 2 amide bonds. The first kappa shape index (κ1) is 22.2. The number of carbonyl (C=O) groups is 2. The predicted molar refractivity (Wildman–Crippen MR) is 114 cm³/mol. The summed E-state index contributed by atoms with van der Waals surface area (Å²) in [5, 5.41) is 10.4. The third kappa shape index (κ3) is 5.54. The van der Waals surface area contributed by atoms with Crippen molar-refractivity contribution in [3.05, 3.63) is 47.3 Å². The Morgan fingerprint density at radius 2 is 1.80 bits per heavy atom. The largest absolute Gasteiger partial charge is 0.450 e. The van der Waals surface area contributed by atoms with E-state index in [0.29, 0.717) is 50.2 Å². The molecule has 162 valence electrons. The number of carbonyl (C=O) groups excluding carboxylic acids is 2. The number of amides is 2. The SMILES string of the molecule is CCOC(=O)N1CCN(C(=O)CSc2ncc(CO)n2Cc2ccc(C)cc2)CC1. The van der Waals surface area contributed by atoms with Gasteiger partial charge in [0.25, 0.3) is 0 Å². The number of nitrogens with zero attached hydrogens (tertiary/aromatic N) is 4. The molecular weight excluding hydrogens is 404 g/mol. The lowest BCUT2D eigenvalue weighted by atomic mass is 10.1. The maximum Gasteiger partial charge on any atom is 0.409 e. The minimum Gasteiger partial charge on any atom is -0.450 e. The van der Waals surface area contributed by atoms with E-state index in [1.807, 2.05) is 11.5 Å². The minimum absolute atomic E-state index is 0.0129. The Labute approximate surface area is 180 Å². The molecule has 1 fully saturated rings. The highest BCUT2D eigenvalue weighted by Crippen LogP contribution is 2.21. The highest BCUT2D eigenvalue weighted by atomic mass is 32.2. The fourth-order valence-electron chi connectivity index (χ4n) is 3.25. The van der Waals surface area contributed by atoms with E-state index in [2.05, 4.69) is 29.2 Å². The molecule has 1 saturated heterocycles. The van der Waals surface area contributed by atoms with E-state index >= 15 is 0 Å². The van der Waals surface area contributed by atoms with Crippen molar-refractivity contribution in [1.82, 2.24) is 19.4 Å². The van der Waals surface area contributed by atoms with Gasteiger partial charge in [0.15, 0.2) is 5.16 Å². The number of hydrogen-bond donors (Lipinski definition) is 1. The van der Waals surface area contributed by atoms with Gasteiger partial charge in [-0.05, 0) is 19.4 Å². The molecule has 0 radical (unpaired) electrons. The van der Waals surface area contributed by atoms with Crippen molar-refractivity contribution in [2.24, 2.45) is 0 Å². The zero-order valence-electron chi connectivity index (χ0n) is 17.4. The molecule has 0 unspecified atom stereocenters. The summed E-state index contributed by atoms with van der Waals surface area (Å²) in [6, 6.07) is 8.21. The van der Waals surface area contributed by atoms with Gasteiger partial charge in [0.1, 0.15) is 0 Å². The molecule has 1 N–H and O–H groups in total. The molecule has 1 aromatic heterocycles. The highest BCUT2D eigenvalue weighted by molar-refractivity contribution is 7.99. The number of ether oxygens (including phenoxy) is 1. The van der Waals surface area contributed by atoms with Crippen LogP contribution in [0.3, 0.4) is 0 Å². The van der Waals surface area contributed by atoms with Crippen LogP contribution in [0.5, 0.6) is 0 Å². The minimum atomic E-state index is -0.325. The van der Waals surface area contributed by atoms with Crippen LogP contribution in [-0.4, -0.2) is 75.0 Å². The molecule has 0 aliphatic carbocycles. The maximum absolute atomic E-state index is 12.6. The normalized spacial score (nSPS) is 14.1. The van der Waals surface area contributed by atoms with Crippen LogP contribution in [0.25, 0.3) is 0 Å². The quantitative estimate of drug-likeness (QED) is 0.675. The van der Waals surface area contributed by atoms with Gasteiger partial charge in [0, 0.05) is 32.7 Å². The number of benzene rings is 1. The van der Waals surface area contributed by atoms with Crippen LogP contribution in [-0.2, 0) is 22.7 Å². The summed E-state index contributed by atoms with van der Waals surface area (Å²) < 4.78 is 6.96. The summed E-state index contributed by atoms with van der Waals surface area (Å²) in [5.41, 5.74) is 3.01. The fraction of sp³-hybridized carbons (Fsp3) is 0.476. The average molecular weight is 433 g/mol. The van der Waals surface area contributed by atoms with Crippen LogP contribution in [0.4, 0.5) is 4.79 Å². The summed E-state index contributed by atoms with van der Waals surface area (Å²) in [6.45, 7) is 6.60. The lowest BCUT2D eigenvalue weighted by molar-refractivity contribution is -0.129. The van der Waals surface area contributed by atoms with Crippen LogP contribution < -0.4 is 0 Å². The Kier molecular flexibility index (Phi) is 7.75. The summed E-state index contributed by atoms with van der Waals surface area (Å²) in [4.78, 5) is 32.2. The molecule has 2 heterocycles. The van der Waals surface area contributed by atoms with Gasteiger partial charge in [-0.1, -0.05) is 41.6 Å². The molecule has 0 spiro atoms. The average Bonchev–Trinajstić information content (AvgIpc) is 3.15. The van der Waals surface area contributed by atoms with Crippen LogP contribution in [0, 0.1) is 6.92 Å². The second kappa shape index (κ2) is 10.5. The number of thioether (sulfide) groups is 1. The van der Waals surface area contributed by atoms with Crippen LogP contribution in [0.2, 0.25) is 0 Å². The molecule has 2 aromatic rings. The number of hydrogen-bond acceptors (Lipinski definition) is 6. The van der Waals surface area contributed by atoms with E-state index in [1.165, 1.54) is 17.3 Å². The first-order valence-electron chi connectivity index (χ1n) is 10.0. The lowest BCUT2D eigenvalue weighted by Gasteiger charge is -2.34. The van der Waals surface area contributed by atoms with Gasteiger partial charge < -0.3 is 24.2 Å². The molecule has 0 bridgehead atoms. The number of aliphatic hydroxyl groups excluding tert-OH is 1. The standard InChI is InChI=1S/C21H28N4O4S/c1-3-29-21(28)24-10-8-23(9-11-24)19(27)15-30-20-22-12-18(14-26)25(20)13-17-6-4-16(2)5-7-17/h4-7,12,26H,3,8-11,13-15H2,1-2H3. The molecule has 30 heavy (non-hydrogen) atoms. The van der Waals surface area contributed by atoms with Gasteiger partial charge in [-0.3, -0.25) is 4.79 Å². The highest BCUT2D eigenvalue weighted by Gasteiger charge is 2.25. The van der Waals surface area contributed by atoms with Gasteiger partial charge >= 0.3 is 6.09 Å². The second-order valence-corrected chi connectivity index (χ2v) is 8.06. The van der Waals surface area contributed by atoms with Gasteiger partial charge in [0.05, 0.1) is 30.9 Å².